The zero-order valence-corrected chi connectivity index (χ0v) is 5.55. The molecule has 0 saturated carbocycles. The molecule has 0 radical (unpaired) electrons. The Hall–Kier alpha value is -1.37. The SMILES string of the molecule is NC(=O)c1nnc(=S)[nH]n1. The van der Waals surface area contributed by atoms with Crippen molar-refractivity contribution in [3.8, 4) is 0 Å². The number of nitrogens with two attached hydrogens (primary N) is 1. The molecule has 1 heterocycles. The zero-order chi connectivity index (χ0) is 7.56. The third-order valence-electron chi connectivity index (χ3n) is 0.713. The number of carbonyl (C=O) groups is 1. The number of H-pyrrole nitrogens is 1. The van der Waals surface area contributed by atoms with Gasteiger partial charge in [-0.2, -0.15) is 0 Å². The maximum Gasteiger partial charge on any atom is 0.290 e. The molecule has 0 bridgehead atoms. The molecule has 6 nitrogen and oxygen atoms in total. The fourth-order valence-corrected chi connectivity index (χ4v) is 0.429. The maximum atomic E-state index is 10.3. The van der Waals surface area contributed by atoms with Gasteiger partial charge in [-0.15, -0.1) is 15.3 Å². The van der Waals surface area contributed by atoms with Gasteiger partial charge in [-0.1, -0.05) is 0 Å². The number of rotatable bonds is 1. The van der Waals surface area contributed by atoms with Crippen molar-refractivity contribution < 1.29 is 4.79 Å². The summed E-state index contributed by atoms with van der Waals surface area (Å²) in [5, 5.41) is 12.3. The van der Waals surface area contributed by atoms with E-state index in [-0.39, 0.29) is 10.6 Å². The number of primary amides is 1. The number of carbonyl (C=O) groups excluding carboxylic acids is 1. The molecule has 1 rings (SSSR count). The summed E-state index contributed by atoms with van der Waals surface area (Å²) in [5.74, 6) is -0.910. The van der Waals surface area contributed by atoms with E-state index in [0.717, 1.165) is 0 Å². The summed E-state index contributed by atoms with van der Waals surface area (Å²) >= 11 is 4.51. The van der Waals surface area contributed by atoms with Gasteiger partial charge in [0, 0.05) is 0 Å². The Bertz CT molecular complexity index is 286. The average molecular weight is 157 g/mol. The molecule has 1 aromatic heterocycles. The second kappa shape index (κ2) is 2.48. The monoisotopic (exact) mass is 157 g/mol. The van der Waals surface area contributed by atoms with Crippen molar-refractivity contribution in [2.24, 2.45) is 5.73 Å². The lowest BCUT2D eigenvalue weighted by Gasteiger charge is -1.87. The summed E-state index contributed by atoms with van der Waals surface area (Å²) in [6.07, 6.45) is 0. The second-order valence-electron chi connectivity index (χ2n) is 1.42. The first-order chi connectivity index (χ1) is 4.70. The van der Waals surface area contributed by atoms with Crippen LogP contribution in [0.5, 0.6) is 0 Å². The Morgan fingerprint density at radius 1 is 1.60 bits per heavy atom. The minimum absolute atomic E-state index is 0.116. The third kappa shape index (κ3) is 1.32. The molecular formula is C3H3N5OS. The Morgan fingerprint density at radius 2 is 2.30 bits per heavy atom. The summed E-state index contributed by atoms with van der Waals surface area (Å²) in [7, 11) is 0. The van der Waals surface area contributed by atoms with Crippen molar-refractivity contribution in [1.29, 1.82) is 0 Å². The van der Waals surface area contributed by atoms with Crippen LogP contribution >= 0.6 is 12.2 Å². The molecule has 1 aromatic rings. The highest BCUT2D eigenvalue weighted by molar-refractivity contribution is 7.71. The fraction of sp³-hybridized carbons (Fsp3) is 0. The van der Waals surface area contributed by atoms with E-state index in [9.17, 15) is 4.79 Å². The van der Waals surface area contributed by atoms with Gasteiger partial charge in [-0.3, -0.25) is 4.79 Å². The van der Waals surface area contributed by atoms with Crippen LogP contribution in [0.1, 0.15) is 10.6 Å². The van der Waals surface area contributed by atoms with Crippen molar-refractivity contribution in [2.45, 2.75) is 0 Å². The molecule has 3 N–H and O–H groups in total. The lowest BCUT2D eigenvalue weighted by molar-refractivity contribution is 0.0987. The minimum atomic E-state index is -0.737. The van der Waals surface area contributed by atoms with Gasteiger partial charge >= 0.3 is 0 Å². The standard InChI is InChI=1S/C3H3N5OS/c4-1(9)2-5-7-3(10)8-6-2/h(H2,4,9)(H,7,8,10). The number of hydrogen-bond donors (Lipinski definition) is 2. The first-order valence-corrected chi connectivity index (χ1v) is 2.70. The van der Waals surface area contributed by atoms with Crippen LogP contribution in [-0.2, 0) is 0 Å². The number of aromatic nitrogens is 4. The second-order valence-corrected chi connectivity index (χ2v) is 1.80. The predicted octanol–water partition coefficient (Wildman–Crippen LogP) is -0.972. The normalized spacial score (nSPS) is 9.20. The topological polar surface area (TPSA) is 97.5 Å². The lowest BCUT2D eigenvalue weighted by atomic mass is 10.6. The van der Waals surface area contributed by atoms with E-state index in [4.69, 9.17) is 5.73 Å². The third-order valence-corrected chi connectivity index (χ3v) is 0.886. The number of aromatic amines is 1. The van der Waals surface area contributed by atoms with Crippen molar-refractivity contribution in [1.82, 2.24) is 20.4 Å². The highest BCUT2D eigenvalue weighted by Gasteiger charge is 2.01. The molecule has 1 amide bonds. The minimum Gasteiger partial charge on any atom is -0.363 e. The van der Waals surface area contributed by atoms with Crippen molar-refractivity contribution >= 4 is 18.1 Å². The number of nitrogens with one attached hydrogen (secondary N) is 1. The Labute approximate surface area is 60.5 Å². The van der Waals surface area contributed by atoms with E-state index in [1.807, 2.05) is 0 Å². The van der Waals surface area contributed by atoms with Crippen LogP contribution in [0.4, 0.5) is 0 Å². The van der Waals surface area contributed by atoms with E-state index in [1.54, 1.807) is 0 Å². The van der Waals surface area contributed by atoms with Gasteiger partial charge in [-0.25, -0.2) is 5.10 Å². The largest absolute Gasteiger partial charge is 0.363 e. The quantitative estimate of drug-likeness (QED) is 0.511. The predicted molar refractivity (Wildman–Crippen MR) is 33.5 cm³/mol. The van der Waals surface area contributed by atoms with Crippen LogP contribution in [0, 0.1) is 4.77 Å². The summed E-state index contributed by atoms with van der Waals surface area (Å²) in [4.78, 5) is 10.3. The van der Waals surface area contributed by atoms with Crippen molar-refractivity contribution in [3.05, 3.63) is 10.6 Å². The summed E-state index contributed by atoms with van der Waals surface area (Å²) in [6.45, 7) is 0. The summed E-state index contributed by atoms with van der Waals surface area (Å²) in [6, 6.07) is 0. The molecule has 0 aromatic carbocycles. The molecule has 0 aliphatic rings. The van der Waals surface area contributed by atoms with Crippen LogP contribution in [0.2, 0.25) is 0 Å². The van der Waals surface area contributed by atoms with Crippen LogP contribution in [0.25, 0.3) is 0 Å². The number of hydrogen-bond acceptors (Lipinski definition) is 5. The molecule has 0 saturated heterocycles. The molecule has 0 atom stereocenters. The molecule has 0 fully saturated rings. The first kappa shape index (κ1) is 6.75. The van der Waals surface area contributed by atoms with E-state index in [2.05, 4.69) is 32.6 Å². The molecule has 0 aliphatic heterocycles. The van der Waals surface area contributed by atoms with Crippen LogP contribution in [0.15, 0.2) is 0 Å². The Balaban J connectivity index is 3.12. The smallest absolute Gasteiger partial charge is 0.290 e. The lowest BCUT2D eigenvalue weighted by Crippen LogP contribution is -2.16. The average Bonchev–Trinajstić information content (AvgIpc) is 1.88. The molecular weight excluding hydrogens is 154 g/mol. The first-order valence-electron chi connectivity index (χ1n) is 2.29. The van der Waals surface area contributed by atoms with Gasteiger partial charge in [0.1, 0.15) is 0 Å². The van der Waals surface area contributed by atoms with Gasteiger partial charge in [0.05, 0.1) is 0 Å². The van der Waals surface area contributed by atoms with E-state index in [1.165, 1.54) is 0 Å². The van der Waals surface area contributed by atoms with Crippen molar-refractivity contribution in [3.63, 3.8) is 0 Å². The molecule has 0 unspecified atom stereocenters. The number of amides is 1. The Kier molecular flexibility index (Phi) is 1.67. The molecule has 0 aliphatic carbocycles. The van der Waals surface area contributed by atoms with Gasteiger partial charge < -0.3 is 5.73 Å². The van der Waals surface area contributed by atoms with E-state index >= 15 is 0 Å². The van der Waals surface area contributed by atoms with Crippen LogP contribution < -0.4 is 5.73 Å². The van der Waals surface area contributed by atoms with Gasteiger partial charge in [0.25, 0.3) is 11.7 Å². The highest BCUT2D eigenvalue weighted by Crippen LogP contribution is 1.78. The van der Waals surface area contributed by atoms with Crippen LogP contribution in [-0.4, -0.2) is 26.3 Å². The maximum absolute atomic E-state index is 10.3. The summed E-state index contributed by atoms with van der Waals surface area (Å²) < 4.78 is 0.116. The summed E-state index contributed by atoms with van der Waals surface area (Å²) in [5.41, 5.74) is 4.81. The molecule has 10 heavy (non-hydrogen) atoms. The van der Waals surface area contributed by atoms with Gasteiger partial charge in [0.2, 0.25) is 4.77 Å². The van der Waals surface area contributed by atoms with Gasteiger partial charge in [-0.05, 0) is 12.2 Å². The molecule has 0 spiro atoms. The molecule has 7 heteroatoms. The van der Waals surface area contributed by atoms with Gasteiger partial charge in [0.15, 0.2) is 0 Å². The van der Waals surface area contributed by atoms with E-state index < -0.39 is 5.91 Å². The van der Waals surface area contributed by atoms with Crippen molar-refractivity contribution in [2.75, 3.05) is 0 Å². The fourth-order valence-electron chi connectivity index (χ4n) is 0.343. The zero-order valence-electron chi connectivity index (χ0n) is 4.74. The Morgan fingerprint density at radius 3 is 2.70 bits per heavy atom. The van der Waals surface area contributed by atoms with E-state index in [0.29, 0.717) is 0 Å². The number of nitrogens with zero attached hydrogens (tertiary/aromatic N) is 3. The molecule has 52 valence electrons. The van der Waals surface area contributed by atoms with Crippen LogP contribution in [0.3, 0.4) is 0 Å². The highest BCUT2D eigenvalue weighted by atomic mass is 32.1.